The van der Waals surface area contributed by atoms with Crippen LogP contribution in [0, 0.1) is 42.9 Å². The van der Waals surface area contributed by atoms with Gasteiger partial charge in [0.1, 0.15) is 0 Å². The molecule has 0 atom stereocenters. The zero-order chi connectivity index (χ0) is 15.5. The molecule has 1 fully saturated rings. The predicted octanol–water partition coefficient (Wildman–Crippen LogP) is 4.58. The van der Waals surface area contributed by atoms with E-state index in [1.807, 2.05) is 13.1 Å². The topological polar surface area (TPSA) is 39.8 Å². The first-order valence-corrected chi connectivity index (χ1v) is 9.66. The van der Waals surface area contributed by atoms with E-state index >= 15 is 0 Å². The van der Waals surface area contributed by atoms with Gasteiger partial charge in [0.2, 0.25) is 0 Å². The monoisotopic (exact) mass is 481 g/mol. The SMILES string of the molecule is CC1C(C)C(C)C(C)C1C.C[Si](C)Cl.[C-]#[O+].[C-]#[O+].[Os+]. The van der Waals surface area contributed by atoms with Crippen LogP contribution in [0.25, 0.3) is 0 Å². The Bertz CT molecular complexity index is 180. The average molecular weight is 480 g/mol. The van der Waals surface area contributed by atoms with Gasteiger partial charge in [0.25, 0.3) is 0 Å². The summed E-state index contributed by atoms with van der Waals surface area (Å²) in [6.07, 6.45) is 0. The Kier molecular flexibility index (Phi) is 24.5. The molecule has 0 aromatic carbocycles. The maximum Gasteiger partial charge on any atom is 1.00 e. The van der Waals surface area contributed by atoms with Gasteiger partial charge in [-0.1, -0.05) is 47.7 Å². The Hall–Kier alpha value is 0.623. The molecule has 0 spiro atoms. The van der Waals surface area contributed by atoms with Gasteiger partial charge in [-0.05, 0) is 29.6 Å². The zero-order valence-corrected chi connectivity index (χ0v) is 17.2. The zero-order valence-electron chi connectivity index (χ0n) is 12.9. The summed E-state index contributed by atoms with van der Waals surface area (Å²) in [6.45, 7) is 25.1. The number of hydrogen-bond acceptors (Lipinski definition) is 0. The first-order valence-electron chi connectivity index (χ1n) is 6.15. The Balaban J connectivity index is -0.000000107. The van der Waals surface area contributed by atoms with Gasteiger partial charge in [-0.2, -0.15) is 11.1 Å². The maximum atomic E-state index is 7.50. The summed E-state index contributed by atoms with van der Waals surface area (Å²) < 4.78 is 15.0. The summed E-state index contributed by atoms with van der Waals surface area (Å²) in [5, 5.41) is 0. The summed E-state index contributed by atoms with van der Waals surface area (Å²) in [5.74, 6) is 4.68. The van der Waals surface area contributed by atoms with Gasteiger partial charge in [0, 0.05) is 0 Å². The van der Waals surface area contributed by atoms with E-state index < -0.39 is 8.11 Å². The van der Waals surface area contributed by atoms with Crippen LogP contribution in [0.3, 0.4) is 0 Å². The fraction of sp³-hybridized carbons (Fsp3) is 0.857. The van der Waals surface area contributed by atoms with E-state index in [0.717, 1.165) is 29.6 Å². The number of halogens is 1. The van der Waals surface area contributed by atoms with Crippen LogP contribution >= 0.6 is 11.1 Å². The Morgan fingerprint density at radius 3 is 0.789 bits per heavy atom. The largest absolute Gasteiger partial charge is 1.00 e. The number of hydrogen-bond donors (Lipinski definition) is 0. The van der Waals surface area contributed by atoms with E-state index in [1.54, 1.807) is 0 Å². The first-order chi connectivity index (χ1) is 8.29. The predicted molar refractivity (Wildman–Crippen MR) is 77.0 cm³/mol. The third kappa shape index (κ3) is 12.1. The van der Waals surface area contributed by atoms with Gasteiger partial charge in [-0.15, -0.1) is 0 Å². The van der Waals surface area contributed by atoms with E-state index in [2.05, 4.69) is 47.9 Å². The smallest absolute Gasteiger partial charge is 1.00 e. The van der Waals surface area contributed by atoms with Gasteiger partial charge in [0.15, 0.2) is 8.11 Å². The molecule has 2 radical (unpaired) electrons. The maximum absolute atomic E-state index is 7.50. The third-order valence-corrected chi connectivity index (χ3v) is 4.15. The van der Waals surface area contributed by atoms with E-state index in [0.29, 0.717) is 0 Å². The Morgan fingerprint density at radius 2 is 0.737 bits per heavy atom. The average Bonchev–Trinajstić information content (AvgIpc) is 2.52. The minimum Gasteiger partial charge on any atom is 1.00 e. The minimum absolute atomic E-state index is 0. The molecule has 5 heteroatoms. The second-order valence-corrected chi connectivity index (χ2v) is 9.20. The van der Waals surface area contributed by atoms with Crippen LogP contribution in [0.2, 0.25) is 13.1 Å². The summed E-state index contributed by atoms with van der Waals surface area (Å²) >= 11 is 5.38. The molecule has 0 amide bonds. The quantitative estimate of drug-likeness (QED) is 0.211. The minimum atomic E-state index is -0.407. The molecule has 1 aliphatic rings. The van der Waals surface area contributed by atoms with Crippen molar-refractivity contribution in [1.29, 1.82) is 0 Å². The molecule has 0 saturated heterocycles. The molecule has 0 N–H and O–H groups in total. The standard InChI is InChI=1S/C10H20.C2H6ClSi.2CO.Os/c1-6-7(2)9(4)10(5)8(6)3;1-4(2)3;2*1-2;/h6-10H,1-5H3;1-2H3;;;/q;;;;+1. The molecule has 19 heavy (non-hydrogen) atoms. The normalized spacial score (nSPS) is 31.3. The van der Waals surface area contributed by atoms with E-state index in [1.165, 1.54) is 0 Å². The van der Waals surface area contributed by atoms with Crippen molar-refractivity contribution in [2.24, 2.45) is 29.6 Å². The van der Waals surface area contributed by atoms with Crippen LogP contribution in [-0.2, 0) is 29.1 Å². The van der Waals surface area contributed by atoms with Gasteiger partial charge in [-0.25, -0.2) is 0 Å². The van der Waals surface area contributed by atoms with Crippen molar-refractivity contribution < 1.29 is 29.1 Å². The van der Waals surface area contributed by atoms with Crippen LogP contribution in [0.5, 0.6) is 0 Å². The molecule has 1 saturated carbocycles. The van der Waals surface area contributed by atoms with Crippen molar-refractivity contribution in [2.75, 3.05) is 0 Å². The second-order valence-electron chi connectivity index (χ2n) is 5.17. The van der Waals surface area contributed by atoms with Crippen molar-refractivity contribution in [3.05, 3.63) is 13.3 Å². The van der Waals surface area contributed by atoms with Crippen LogP contribution in [-0.4, -0.2) is 8.11 Å². The molecular formula is C14H26ClO2OsSi+. The van der Waals surface area contributed by atoms with Crippen molar-refractivity contribution in [3.8, 4) is 0 Å². The fourth-order valence-electron chi connectivity index (χ4n) is 2.39. The molecule has 1 aliphatic carbocycles. The molecular weight excluding hydrogens is 454 g/mol. The summed E-state index contributed by atoms with van der Waals surface area (Å²) in [6, 6.07) is 0. The molecule has 112 valence electrons. The van der Waals surface area contributed by atoms with Crippen LogP contribution in [0.1, 0.15) is 34.6 Å². The summed E-state index contributed by atoms with van der Waals surface area (Å²) in [5.41, 5.74) is 0. The van der Waals surface area contributed by atoms with Crippen LogP contribution in [0.4, 0.5) is 0 Å². The molecule has 2 nitrogen and oxygen atoms in total. The van der Waals surface area contributed by atoms with Crippen molar-refractivity contribution in [3.63, 3.8) is 0 Å². The van der Waals surface area contributed by atoms with E-state index in [9.17, 15) is 0 Å². The van der Waals surface area contributed by atoms with Gasteiger partial charge in [-0.3, -0.25) is 0 Å². The van der Waals surface area contributed by atoms with Gasteiger partial charge < -0.3 is 0 Å². The number of rotatable bonds is 0. The molecule has 0 aromatic rings. The van der Waals surface area contributed by atoms with Crippen LogP contribution < -0.4 is 0 Å². The van der Waals surface area contributed by atoms with Crippen molar-refractivity contribution >= 4 is 19.2 Å². The summed E-state index contributed by atoms with van der Waals surface area (Å²) in [7, 11) is -0.407. The second kappa shape index (κ2) is 16.7. The van der Waals surface area contributed by atoms with Crippen LogP contribution in [0.15, 0.2) is 0 Å². The van der Waals surface area contributed by atoms with E-state index in [4.69, 9.17) is 20.4 Å². The third-order valence-electron chi connectivity index (χ3n) is 4.15. The van der Waals surface area contributed by atoms with Crippen molar-refractivity contribution in [2.45, 2.75) is 47.7 Å². The first kappa shape index (κ1) is 27.9. The molecule has 0 unspecified atom stereocenters. The molecule has 0 aliphatic heterocycles. The summed E-state index contributed by atoms with van der Waals surface area (Å²) in [4.78, 5) is 0. The molecule has 0 heterocycles. The molecule has 0 bridgehead atoms. The Morgan fingerprint density at radius 1 is 0.684 bits per heavy atom. The molecule has 0 aromatic heterocycles. The Labute approximate surface area is 138 Å². The van der Waals surface area contributed by atoms with Crippen molar-refractivity contribution in [1.82, 2.24) is 0 Å². The van der Waals surface area contributed by atoms with Gasteiger partial charge in [0.05, 0.1) is 0 Å². The molecule has 1 rings (SSSR count). The van der Waals surface area contributed by atoms with Gasteiger partial charge >= 0.3 is 42.4 Å². The van der Waals surface area contributed by atoms with E-state index in [-0.39, 0.29) is 19.8 Å². The fourth-order valence-corrected chi connectivity index (χ4v) is 2.39.